The number of hydrogen-bond acceptors (Lipinski definition) is 2. The van der Waals surface area contributed by atoms with Crippen LogP contribution in [0.5, 0.6) is 0 Å². The van der Waals surface area contributed by atoms with Crippen LogP contribution < -0.4 is 5.32 Å². The summed E-state index contributed by atoms with van der Waals surface area (Å²) < 4.78 is 38.0. The molecule has 0 aliphatic carbocycles. The number of benzene rings is 1. The van der Waals surface area contributed by atoms with Crippen molar-refractivity contribution >= 4 is 17.3 Å². The molecule has 0 saturated carbocycles. The fourth-order valence-electron chi connectivity index (χ4n) is 1.37. The van der Waals surface area contributed by atoms with E-state index in [-0.39, 0.29) is 17.3 Å². The fraction of sp³-hybridized carbons (Fsp3) is 0.455. The van der Waals surface area contributed by atoms with Gasteiger partial charge in [0, 0.05) is 23.9 Å². The number of nitrogens with one attached hydrogen (secondary N) is 1. The first-order chi connectivity index (χ1) is 7.95. The highest BCUT2D eigenvalue weighted by Crippen LogP contribution is 2.36. The minimum absolute atomic E-state index is 0.0137. The molecule has 1 rings (SSSR count). The molecule has 0 amide bonds. The average molecular weight is 268 g/mol. The predicted molar refractivity (Wildman–Crippen MR) is 61.3 cm³/mol. The van der Waals surface area contributed by atoms with Gasteiger partial charge in [0.05, 0.1) is 5.56 Å². The third-order valence-corrected chi connectivity index (χ3v) is 2.42. The Balaban J connectivity index is 2.77. The monoisotopic (exact) mass is 267 g/mol. The Morgan fingerprint density at radius 1 is 1.24 bits per heavy atom. The third-order valence-electron chi connectivity index (χ3n) is 2.19. The molecule has 6 heteroatoms. The van der Waals surface area contributed by atoms with Crippen molar-refractivity contribution in [3.63, 3.8) is 0 Å². The van der Waals surface area contributed by atoms with Gasteiger partial charge in [-0.15, -0.1) is 0 Å². The molecule has 0 radical (unpaired) electrons. The zero-order chi connectivity index (χ0) is 12.9. The Bertz CT molecular complexity index is 368. The number of aliphatic hydroxyl groups is 1. The van der Waals surface area contributed by atoms with Gasteiger partial charge < -0.3 is 10.4 Å². The van der Waals surface area contributed by atoms with Crippen LogP contribution in [0, 0.1) is 0 Å². The molecule has 0 heterocycles. The molecule has 0 atom stereocenters. The highest BCUT2D eigenvalue weighted by molar-refractivity contribution is 6.30. The van der Waals surface area contributed by atoms with Crippen molar-refractivity contribution < 1.29 is 18.3 Å². The van der Waals surface area contributed by atoms with Gasteiger partial charge in [-0.05, 0) is 31.0 Å². The highest BCUT2D eigenvalue weighted by atomic mass is 35.5. The van der Waals surface area contributed by atoms with Crippen LogP contribution in [-0.2, 0) is 6.18 Å². The van der Waals surface area contributed by atoms with Crippen molar-refractivity contribution in [1.82, 2.24) is 0 Å². The standard InChI is InChI=1S/C11H13ClF3NO/c12-8-3-4-10(16-5-1-2-6-17)9(7-8)11(13,14)15/h3-4,7,16-17H,1-2,5-6H2. The van der Waals surface area contributed by atoms with Crippen LogP contribution in [0.3, 0.4) is 0 Å². The largest absolute Gasteiger partial charge is 0.418 e. The van der Waals surface area contributed by atoms with Gasteiger partial charge in [-0.25, -0.2) is 0 Å². The average Bonchev–Trinajstić information content (AvgIpc) is 2.25. The van der Waals surface area contributed by atoms with E-state index in [4.69, 9.17) is 16.7 Å². The van der Waals surface area contributed by atoms with Gasteiger partial charge in [-0.2, -0.15) is 13.2 Å². The molecule has 2 nitrogen and oxygen atoms in total. The molecular formula is C11H13ClF3NO. The fourth-order valence-corrected chi connectivity index (χ4v) is 1.54. The van der Waals surface area contributed by atoms with E-state index in [0.717, 1.165) is 6.07 Å². The number of anilines is 1. The molecule has 1 aromatic carbocycles. The second kappa shape index (κ2) is 6.12. The van der Waals surface area contributed by atoms with Crippen molar-refractivity contribution in [2.24, 2.45) is 0 Å². The molecule has 1 aromatic rings. The Morgan fingerprint density at radius 3 is 2.53 bits per heavy atom. The topological polar surface area (TPSA) is 32.3 Å². The maximum atomic E-state index is 12.7. The van der Waals surface area contributed by atoms with Gasteiger partial charge in [-0.1, -0.05) is 11.6 Å². The minimum atomic E-state index is -4.43. The van der Waals surface area contributed by atoms with Gasteiger partial charge in [0.1, 0.15) is 0 Å². The quantitative estimate of drug-likeness (QED) is 0.800. The van der Waals surface area contributed by atoms with E-state index >= 15 is 0 Å². The molecule has 0 fully saturated rings. The van der Waals surface area contributed by atoms with Gasteiger partial charge in [0.2, 0.25) is 0 Å². The SMILES string of the molecule is OCCCCNc1ccc(Cl)cc1C(F)(F)F. The van der Waals surface area contributed by atoms with Gasteiger partial charge in [-0.3, -0.25) is 0 Å². The number of alkyl halides is 3. The van der Waals surface area contributed by atoms with Crippen molar-refractivity contribution in [3.05, 3.63) is 28.8 Å². The van der Waals surface area contributed by atoms with Gasteiger partial charge in [0.15, 0.2) is 0 Å². The lowest BCUT2D eigenvalue weighted by Gasteiger charge is -2.14. The number of halogens is 4. The van der Waals surface area contributed by atoms with Crippen LogP contribution in [0.15, 0.2) is 18.2 Å². The predicted octanol–water partition coefficient (Wildman–Crippen LogP) is 3.54. The number of aliphatic hydroxyl groups excluding tert-OH is 1. The lowest BCUT2D eigenvalue weighted by molar-refractivity contribution is -0.136. The molecular weight excluding hydrogens is 255 g/mol. The van der Waals surface area contributed by atoms with E-state index in [9.17, 15) is 13.2 Å². The van der Waals surface area contributed by atoms with E-state index in [1.54, 1.807) is 0 Å². The molecule has 0 aromatic heterocycles. The van der Waals surface area contributed by atoms with Crippen molar-refractivity contribution in [2.45, 2.75) is 19.0 Å². The lowest BCUT2D eigenvalue weighted by atomic mass is 10.1. The Labute approximate surface area is 102 Å². The molecule has 2 N–H and O–H groups in total. The zero-order valence-electron chi connectivity index (χ0n) is 9.02. The first-order valence-corrected chi connectivity index (χ1v) is 5.54. The summed E-state index contributed by atoms with van der Waals surface area (Å²) >= 11 is 5.55. The van der Waals surface area contributed by atoms with Crippen molar-refractivity contribution in [2.75, 3.05) is 18.5 Å². The minimum Gasteiger partial charge on any atom is -0.396 e. The van der Waals surface area contributed by atoms with E-state index in [1.807, 2.05) is 0 Å². The van der Waals surface area contributed by atoms with E-state index in [2.05, 4.69) is 5.32 Å². The summed E-state index contributed by atoms with van der Waals surface area (Å²) in [6, 6.07) is 3.62. The summed E-state index contributed by atoms with van der Waals surface area (Å²) in [6.07, 6.45) is -3.26. The number of unbranched alkanes of at least 4 members (excludes halogenated alkanes) is 1. The summed E-state index contributed by atoms with van der Waals surface area (Å²) in [6.45, 7) is 0.416. The summed E-state index contributed by atoms with van der Waals surface area (Å²) in [5.41, 5.74) is -0.756. The molecule has 0 bridgehead atoms. The molecule has 0 aliphatic heterocycles. The van der Waals surface area contributed by atoms with E-state index in [0.29, 0.717) is 19.4 Å². The van der Waals surface area contributed by atoms with Gasteiger partial charge in [0.25, 0.3) is 0 Å². The maximum absolute atomic E-state index is 12.7. The molecule has 0 aliphatic rings. The normalized spacial score (nSPS) is 11.6. The van der Waals surface area contributed by atoms with Crippen LogP contribution in [0.4, 0.5) is 18.9 Å². The highest BCUT2D eigenvalue weighted by Gasteiger charge is 2.33. The first-order valence-electron chi connectivity index (χ1n) is 5.16. The second-order valence-electron chi connectivity index (χ2n) is 3.55. The Kier molecular flexibility index (Phi) is 5.08. The molecule has 0 spiro atoms. The van der Waals surface area contributed by atoms with E-state index < -0.39 is 11.7 Å². The number of hydrogen-bond donors (Lipinski definition) is 2. The van der Waals surface area contributed by atoms with Crippen LogP contribution in [0.25, 0.3) is 0 Å². The van der Waals surface area contributed by atoms with Crippen molar-refractivity contribution in [1.29, 1.82) is 0 Å². The maximum Gasteiger partial charge on any atom is 0.418 e. The van der Waals surface area contributed by atoms with E-state index in [1.165, 1.54) is 12.1 Å². The molecule has 0 saturated heterocycles. The summed E-state index contributed by atoms with van der Waals surface area (Å²) in [5.74, 6) is 0. The molecule has 0 unspecified atom stereocenters. The number of rotatable bonds is 5. The lowest BCUT2D eigenvalue weighted by Crippen LogP contribution is -2.11. The van der Waals surface area contributed by atoms with Gasteiger partial charge >= 0.3 is 6.18 Å². The van der Waals surface area contributed by atoms with Crippen LogP contribution >= 0.6 is 11.6 Å². The van der Waals surface area contributed by atoms with Crippen LogP contribution in [0.1, 0.15) is 18.4 Å². The first kappa shape index (κ1) is 14.1. The zero-order valence-corrected chi connectivity index (χ0v) is 9.78. The summed E-state index contributed by atoms with van der Waals surface area (Å²) in [5, 5.41) is 11.3. The molecule has 96 valence electrons. The van der Waals surface area contributed by atoms with Crippen molar-refractivity contribution in [3.8, 4) is 0 Å². The van der Waals surface area contributed by atoms with Crippen LogP contribution in [0.2, 0.25) is 5.02 Å². The third kappa shape index (κ3) is 4.44. The Morgan fingerprint density at radius 2 is 1.94 bits per heavy atom. The second-order valence-corrected chi connectivity index (χ2v) is 3.98. The smallest absolute Gasteiger partial charge is 0.396 e. The summed E-state index contributed by atoms with van der Waals surface area (Å²) in [7, 11) is 0. The summed E-state index contributed by atoms with van der Waals surface area (Å²) in [4.78, 5) is 0. The van der Waals surface area contributed by atoms with Crippen LogP contribution in [-0.4, -0.2) is 18.3 Å². The Hall–Kier alpha value is -0.940. The molecule has 17 heavy (non-hydrogen) atoms.